The third-order valence-electron chi connectivity index (χ3n) is 2.92. The normalized spacial score (nSPS) is 10.4. The van der Waals surface area contributed by atoms with Gasteiger partial charge < -0.3 is 10.4 Å². The van der Waals surface area contributed by atoms with E-state index in [1.54, 1.807) is 19.1 Å². The number of aromatic carboxylic acids is 1. The lowest BCUT2D eigenvalue weighted by Crippen LogP contribution is -2.13. The SMILES string of the molecule is Cc1cc(C(=O)O)c(NC(=O)CCc2ccccc2Cl)s1. The van der Waals surface area contributed by atoms with Crippen LogP contribution < -0.4 is 5.32 Å². The molecule has 1 heterocycles. The number of carbonyl (C=O) groups is 2. The summed E-state index contributed by atoms with van der Waals surface area (Å²) in [6.07, 6.45) is 0.762. The molecule has 110 valence electrons. The summed E-state index contributed by atoms with van der Waals surface area (Å²) in [4.78, 5) is 23.9. The van der Waals surface area contributed by atoms with Crippen LogP contribution >= 0.6 is 22.9 Å². The molecule has 0 spiro atoms. The van der Waals surface area contributed by atoms with E-state index in [1.165, 1.54) is 11.3 Å². The van der Waals surface area contributed by atoms with E-state index in [2.05, 4.69) is 5.32 Å². The molecule has 0 aliphatic carbocycles. The van der Waals surface area contributed by atoms with Crippen LogP contribution in [0.25, 0.3) is 0 Å². The molecule has 0 fully saturated rings. The minimum absolute atomic E-state index is 0.128. The Bertz CT molecular complexity index is 681. The Labute approximate surface area is 131 Å². The van der Waals surface area contributed by atoms with Gasteiger partial charge in [-0.05, 0) is 31.0 Å². The summed E-state index contributed by atoms with van der Waals surface area (Å²) < 4.78 is 0. The van der Waals surface area contributed by atoms with Crippen LogP contribution in [0.1, 0.15) is 27.2 Å². The molecule has 4 nitrogen and oxygen atoms in total. The average molecular weight is 324 g/mol. The van der Waals surface area contributed by atoms with Crippen molar-refractivity contribution in [2.45, 2.75) is 19.8 Å². The van der Waals surface area contributed by atoms with Crippen molar-refractivity contribution in [3.8, 4) is 0 Å². The van der Waals surface area contributed by atoms with Crippen LogP contribution in [0.4, 0.5) is 5.00 Å². The maximum absolute atomic E-state index is 11.9. The molecule has 1 aromatic heterocycles. The number of carboxylic acid groups (broad SMARTS) is 1. The van der Waals surface area contributed by atoms with E-state index in [9.17, 15) is 9.59 Å². The van der Waals surface area contributed by atoms with E-state index in [0.29, 0.717) is 16.4 Å². The highest BCUT2D eigenvalue weighted by molar-refractivity contribution is 7.16. The van der Waals surface area contributed by atoms with Gasteiger partial charge in [-0.1, -0.05) is 29.8 Å². The van der Waals surface area contributed by atoms with Crippen LogP contribution in [-0.2, 0) is 11.2 Å². The Morgan fingerprint density at radius 1 is 1.33 bits per heavy atom. The van der Waals surface area contributed by atoms with E-state index in [-0.39, 0.29) is 17.9 Å². The average Bonchev–Trinajstić information content (AvgIpc) is 2.79. The van der Waals surface area contributed by atoms with Crippen molar-refractivity contribution in [2.75, 3.05) is 5.32 Å². The fourth-order valence-electron chi connectivity index (χ4n) is 1.90. The molecule has 0 radical (unpaired) electrons. The molecule has 2 rings (SSSR count). The second kappa shape index (κ2) is 6.74. The summed E-state index contributed by atoms with van der Waals surface area (Å²) in [6, 6.07) is 8.90. The number of anilines is 1. The molecule has 1 amide bonds. The first kappa shape index (κ1) is 15.5. The summed E-state index contributed by atoms with van der Waals surface area (Å²) in [5.41, 5.74) is 1.03. The maximum Gasteiger partial charge on any atom is 0.338 e. The number of halogens is 1. The lowest BCUT2D eigenvalue weighted by Gasteiger charge is -2.05. The summed E-state index contributed by atoms with van der Waals surface area (Å²) >= 11 is 7.29. The van der Waals surface area contributed by atoms with Crippen LogP contribution in [0, 0.1) is 6.92 Å². The summed E-state index contributed by atoms with van der Waals surface area (Å²) in [7, 11) is 0. The van der Waals surface area contributed by atoms with Crippen molar-refractivity contribution < 1.29 is 14.7 Å². The minimum atomic E-state index is -1.04. The molecule has 2 N–H and O–H groups in total. The van der Waals surface area contributed by atoms with Crippen molar-refractivity contribution in [3.05, 3.63) is 51.4 Å². The zero-order valence-electron chi connectivity index (χ0n) is 11.4. The number of hydrogen-bond acceptors (Lipinski definition) is 3. The van der Waals surface area contributed by atoms with E-state index in [0.717, 1.165) is 10.4 Å². The van der Waals surface area contributed by atoms with Gasteiger partial charge in [-0.15, -0.1) is 11.3 Å². The third kappa shape index (κ3) is 4.06. The molecule has 21 heavy (non-hydrogen) atoms. The molecule has 1 aromatic carbocycles. The maximum atomic E-state index is 11.9. The van der Waals surface area contributed by atoms with Crippen LogP contribution in [0.3, 0.4) is 0 Å². The number of aryl methyl sites for hydroxylation is 2. The molecule has 0 aliphatic rings. The minimum Gasteiger partial charge on any atom is -0.478 e. The first-order valence-corrected chi connectivity index (χ1v) is 7.54. The first-order chi connectivity index (χ1) is 9.97. The van der Waals surface area contributed by atoms with Gasteiger partial charge in [0.2, 0.25) is 5.91 Å². The highest BCUT2D eigenvalue weighted by Gasteiger charge is 2.16. The zero-order chi connectivity index (χ0) is 15.4. The second-order valence-electron chi connectivity index (χ2n) is 4.54. The highest BCUT2D eigenvalue weighted by atomic mass is 35.5. The molecular weight excluding hydrogens is 310 g/mol. The van der Waals surface area contributed by atoms with Crippen molar-refractivity contribution in [3.63, 3.8) is 0 Å². The number of amides is 1. The van der Waals surface area contributed by atoms with Crippen molar-refractivity contribution in [1.29, 1.82) is 0 Å². The standard InChI is InChI=1S/C15H14ClNO3S/c1-9-8-11(15(19)20)14(21-9)17-13(18)7-6-10-4-2-3-5-12(10)16/h2-5,8H,6-7H2,1H3,(H,17,18)(H,19,20). The Balaban J connectivity index is 1.99. The van der Waals surface area contributed by atoms with Gasteiger partial charge in [0.05, 0.1) is 5.56 Å². The molecule has 0 saturated carbocycles. The predicted molar refractivity (Wildman–Crippen MR) is 84.4 cm³/mol. The van der Waals surface area contributed by atoms with E-state index in [1.807, 2.05) is 18.2 Å². The van der Waals surface area contributed by atoms with Gasteiger partial charge in [0.1, 0.15) is 5.00 Å². The van der Waals surface area contributed by atoms with Crippen molar-refractivity contribution >= 4 is 39.8 Å². The number of rotatable bonds is 5. The molecule has 0 bridgehead atoms. The van der Waals surface area contributed by atoms with Crippen molar-refractivity contribution in [1.82, 2.24) is 0 Å². The Morgan fingerprint density at radius 3 is 2.71 bits per heavy atom. The molecule has 0 atom stereocenters. The van der Waals surface area contributed by atoms with E-state index < -0.39 is 5.97 Å². The fourth-order valence-corrected chi connectivity index (χ4v) is 3.05. The second-order valence-corrected chi connectivity index (χ2v) is 6.21. The molecule has 6 heteroatoms. The number of hydrogen-bond donors (Lipinski definition) is 2. The highest BCUT2D eigenvalue weighted by Crippen LogP contribution is 2.27. The van der Waals surface area contributed by atoms with Gasteiger partial charge >= 0.3 is 5.97 Å². The molecule has 0 aliphatic heterocycles. The van der Waals surface area contributed by atoms with E-state index >= 15 is 0 Å². The fraction of sp³-hybridized carbons (Fsp3) is 0.200. The third-order valence-corrected chi connectivity index (χ3v) is 4.25. The van der Waals surface area contributed by atoms with Gasteiger partial charge in [-0.2, -0.15) is 0 Å². The number of thiophene rings is 1. The van der Waals surface area contributed by atoms with Crippen LogP contribution in [0.5, 0.6) is 0 Å². The van der Waals surface area contributed by atoms with Gasteiger partial charge in [0, 0.05) is 16.3 Å². The predicted octanol–water partition coefficient (Wildman–Crippen LogP) is 3.98. The summed E-state index contributed by atoms with van der Waals surface area (Å²) in [5.74, 6) is -1.26. The summed E-state index contributed by atoms with van der Waals surface area (Å²) in [6.45, 7) is 1.80. The van der Waals surface area contributed by atoms with Gasteiger partial charge in [0.15, 0.2) is 0 Å². The number of carbonyl (C=O) groups excluding carboxylic acids is 1. The van der Waals surface area contributed by atoms with Crippen molar-refractivity contribution in [2.24, 2.45) is 0 Å². The Hall–Kier alpha value is -1.85. The smallest absolute Gasteiger partial charge is 0.338 e. The number of nitrogens with one attached hydrogen (secondary N) is 1. The van der Waals surface area contributed by atoms with Crippen LogP contribution in [0.2, 0.25) is 5.02 Å². The molecule has 0 unspecified atom stereocenters. The summed E-state index contributed by atoms with van der Waals surface area (Å²) in [5, 5.41) is 12.7. The largest absolute Gasteiger partial charge is 0.478 e. The topological polar surface area (TPSA) is 66.4 Å². The van der Waals surface area contributed by atoms with E-state index in [4.69, 9.17) is 16.7 Å². The first-order valence-electron chi connectivity index (χ1n) is 6.34. The van der Waals surface area contributed by atoms with Crippen LogP contribution in [-0.4, -0.2) is 17.0 Å². The van der Waals surface area contributed by atoms with Gasteiger partial charge in [0.25, 0.3) is 0 Å². The lowest BCUT2D eigenvalue weighted by molar-refractivity contribution is -0.116. The lowest BCUT2D eigenvalue weighted by atomic mass is 10.1. The number of benzene rings is 1. The van der Waals surface area contributed by atoms with Gasteiger partial charge in [-0.25, -0.2) is 4.79 Å². The zero-order valence-corrected chi connectivity index (χ0v) is 12.9. The van der Waals surface area contributed by atoms with Crippen LogP contribution in [0.15, 0.2) is 30.3 Å². The number of carboxylic acids is 1. The monoisotopic (exact) mass is 323 g/mol. The Kier molecular flexibility index (Phi) is 4.98. The Morgan fingerprint density at radius 2 is 2.05 bits per heavy atom. The molecule has 2 aromatic rings. The molecular formula is C15H14ClNO3S. The quantitative estimate of drug-likeness (QED) is 0.874. The van der Waals surface area contributed by atoms with Gasteiger partial charge in [-0.3, -0.25) is 4.79 Å². The molecule has 0 saturated heterocycles.